The SMILES string of the molecule is CC(=O)C1C(C2CCCCC2)C2C3NCNCC3NC2N1C. The number of nitrogens with zero attached hydrogens (tertiary/aromatic N) is 1. The molecule has 1 saturated carbocycles. The number of hydrogen-bond acceptors (Lipinski definition) is 5. The molecule has 3 N–H and O–H groups in total. The third-order valence-corrected chi connectivity index (χ3v) is 6.72. The Bertz CT molecular complexity index is 436. The Morgan fingerprint density at radius 2 is 1.91 bits per heavy atom. The van der Waals surface area contributed by atoms with Gasteiger partial charge in [0.25, 0.3) is 0 Å². The highest BCUT2D eigenvalue weighted by molar-refractivity contribution is 5.82. The van der Waals surface area contributed by atoms with Crippen molar-refractivity contribution in [1.29, 1.82) is 0 Å². The molecule has 0 spiro atoms. The Kier molecular flexibility index (Phi) is 4.01. The fraction of sp³-hybridized carbons (Fsp3) is 0.941. The maximum Gasteiger partial charge on any atom is 0.147 e. The van der Waals surface area contributed by atoms with Crippen LogP contribution in [-0.4, -0.2) is 55.2 Å². The van der Waals surface area contributed by atoms with Crippen molar-refractivity contribution in [3.63, 3.8) is 0 Å². The van der Waals surface area contributed by atoms with Crippen LogP contribution in [0.2, 0.25) is 0 Å². The Morgan fingerprint density at radius 1 is 1.14 bits per heavy atom. The molecule has 0 aromatic rings. The molecule has 0 bridgehead atoms. The lowest BCUT2D eigenvalue weighted by Gasteiger charge is -2.39. The Balaban J connectivity index is 1.65. The molecule has 3 saturated heterocycles. The van der Waals surface area contributed by atoms with Gasteiger partial charge in [-0.05, 0) is 25.8 Å². The second kappa shape index (κ2) is 5.86. The van der Waals surface area contributed by atoms with E-state index in [1.807, 2.05) is 0 Å². The number of likely N-dealkylation sites (tertiary alicyclic amines) is 1. The topological polar surface area (TPSA) is 56.4 Å². The molecule has 3 heterocycles. The van der Waals surface area contributed by atoms with Gasteiger partial charge in [0.15, 0.2) is 0 Å². The number of hydrogen-bond donors (Lipinski definition) is 3. The van der Waals surface area contributed by atoms with Gasteiger partial charge in [-0.1, -0.05) is 32.1 Å². The van der Waals surface area contributed by atoms with Crippen molar-refractivity contribution < 1.29 is 4.79 Å². The second-order valence-corrected chi connectivity index (χ2v) is 7.85. The van der Waals surface area contributed by atoms with E-state index in [1.165, 1.54) is 32.1 Å². The van der Waals surface area contributed by atoms with Crippen LogP contribution in [0.15, 0.2) is 0 Å². The molecule has 5 nitrogen and oxygen atoms in total. The van der Waals surface area contributed by atoms with Gasteiger partial charge >= 0.3 is 0 Å². The second-order valence-electron chi connectivity index (χ2n) is 7.85. The summed E-state index contributed by atoms with van der Waals surface area (Å²) < 4.78 is 0. The van der Waals surface area contributed by atoms with Gasteiger partial charge in [0, 0.05) is 31.2 Å². The van der Waals surface area contributed by atoms with E-state index in [2.05, 4.69) is 27.9 Å². The van der Waals surface area contributed by atoms with E-state index < -0.39 is 0 Å². The Morgan fingerprint density at radius 3 is 2.64 bits per heavy atom. The monoisotopic (exact) mass is 306 g/mol. The Labute approximate surface area is 133 Å². The average molecular weight is 306 g/mol. The highest BCUT2D eigenvalue weighted by atomic mass is 16.1. The minimum Gasteiger partial charge on any atom is -0.303 e. The number of ketones is 1. The van der Waals surface area contributed by atoms with E-state index in [-0.39, 0.29) is 6.04 Å². The first-order valence-corrected chi connectivity index (χ1v) is 9.11. The maximum absolute atomic E-state index is 12.4. The predicted octanol–water partition coefficient (Wildman–Crippen LogP) is 0.519. The van der Waals surface area contributed by atoms with Crippen molar-refractivity contribution in [3.05, 3.63) is 0 Å². The molecule has 0 amide bonds. The van der Waals surface area contributed by atoms with E-state index >= 15 is 0 Å². The third-order valence-electron chi connectivity index (χ3n) is 6.72. The summed E-state index contributed by atoms with van der Waals surface area (Å²) in [5, 5.41) is 10.9. The van der Waals surface area contributed by atoms with Gasteiger partial charge in [-0.2, -0.15) is 0 Å². The number of carbonyl (C=O) groups excluding carboxylic acids is 1. The fourth-order valence-electron chi connectivity index (χ4n) is 5.92. The first-order valence-electron chi connectivity index (χ1n) is 9.11. The van der Waals surface area contributed by atoms with E-state index in [0.717, 1.165) is 19.1 Å². The summed E-state index contributed by atoms with van der Waals surface area (Å²) in [6, 6.07) is 1.14. The molecule has 5 heteroatoms. The van der Waals surface area contributed by atoms with E-state index in [1.54, 1.807) is 6.92 Å². The first-order chi connectivity index (χ1) is 10.7. The quantitative estimate of drug-likeness (QED) is 0.694. The van der Waals surface area contributed by atoms with Crippen molar-refractivity contribution >= 4 is 5.78 Å². The highest BCUT2D eigenvalue weighted by Gasteiger charge is 2.59. The van der Waals surface area contributed by atoms with Crippen molar-refractivity contribution in [2.24, 2.45) is 17.8 Å². The number of nitrogens with one attached hydrogen (secondary N) is 3. The third kappa shape index (κ3) is 2.25. The van der Waals surface area contributed by atoms with Crippen molar-refractivity contribution in [1.82, 2.24) is 20.9 Å². The molecular formula is C17H30N4O. The lowest BCUT2D eigenvalue weighted by atomic mass is 9.69. The van der Waals surface area contributed by atoms with Gasteiger partial charge in [-0.3, -0.25) is 20.3 Å². The van der Waals surface area contributed by atoms with Crippen LogP contribution in [0.25, 0.3) is 0 Å². The molecule has 0 aromatic carbocycles. The molecule has 0 radical (unpaired) electrons. The molecule has 0 aromatic heterocycles. The summed E-state index contributed by atoms with van der Waals surface area (Å²) in [4.78, 5) is 14.8. The molecule has 4 aliphatic rings. The summed E-state index contributed by atoms with van der Waals surface area (Å²) in [5.41, 5.74) is 0. The smallest absolute Gasteiger partial charge is 0.147 e. The van der Waals surface area contributed by atoms with Crippen LogP contribution < -0.4 is 16.0 Å². The van der Waals surface area contributed by atoms with Gasteiger partial charge in [0.1, 0.15) is 5.78 Å². The summed E-state index contributed by atoms with van der Waals surface area (Å²) in [6.45, 7) is 3.74. The largest absolute Gasteiger partial charge is 0.303 e. The molecule has 6 unspecified atom stereocenters. The van der Waals surface area contributed by atoms with Crippen LogP contribution in [0.1, 0.15) is 39.0 Å². The molecule has 6 atom stereocenters. The summed E-state index contributed by atoms with van der Waals surface area (Å²) >= 11 is 0. The number of Topliss-reactive ketones (excluding diaryl/α,β-unsaturated/α-hetero) is 1. The van der Waals surface area contributed by atoms with Crippen molar-refractivity contribution in [2.75, 3.05) is 20.3 Å². The molecule has 4 rings (SSSR count). The standard InChI is InChI=1S/C17H30N4O/c1-10(22)16-13(11-6-4-3-5-7-11)14-15-12(8-18-9-19-15)20-17(14)21(16)2/h11-20H,3-9H2,1-2H3. The van der Waals surface area contributed by atoms with Crippen LogP contribution in [-0.2, 0) is 4.79 Å². The lowest BCUT2D eigenvalue weighted by Crippen LogP contribution is -2.59. The first kappa shape index (κ1) is 15.1. The van der Waals surface area contributed by atoms with Gasteiger partial charge in [0.2, 0.25) is 0 Å². The summed E-state index contributed by atoms with van der Waals surface area (Å²) in [7, 11) is 2.16. The lowest BCUT2D eigenvalue weighted by molar-refractivity contribution is -0.123. The number of likely N-dealkylation sites (N-methyl/N-ethyl adjacent to an activating group) is 1. The molecule has 124 valence electrons. The van der Waals surface area contributed by atoms with Crippen LogP contribution in [0.5, 0.6) is 0 Å². The average Bonchev–Trinajstić information content (AvgIpc) is 3.04. The van der Waals surface area contributed by atoms with Gasteiger partial charge in [-0.15, -0.1) is 0 Å². The molecule has 1 aliphatic carbocycles. The van der Waals surface area contributed by atoms with Crippen LogP contribution in [0, 0.1) is 17.8 Å². The normalized spacial score (nSPS) is 46.5. The zero-order valence-corrected chi connectivity index (χ0v) is 13.8. The van der Waals surface area contributed by atoms with Crippen LogP contribution in [0.4, 0.5) is 0 Å². The molecule has 3 aliphatic heterocycles. The maximum atomic E-state index is 12.4. The van der Waals surface area contributed by atoms with Gasteiger partial charge in [-0.25, -0.2) is 0 Å². The van der Waals surface area contributed by atoms with Gasteiger partial charge in [0.05, 0.1) is 12.2 Å². The fourth-order valence-corrected chi connectivity index (χ4v) is 5.92. The number of rotatable bonds is 2. The van der Waals surface area contributed by atoms with E-state index in [0.29, 0.717) is 35.9 Å². The predicted molar refractivity (Wildman–Crippen MR) is 86.3 cm³/mol. The summed E-state index contributed by atoms with van der Waals surface area (Å²) in [6.07, 6.45) is 7.09. The van der Waals surface area contributed by atoms with E-state index in [4.69, 9.17) is 0 Å². The molecular weight excluding hydrogens is 276 g/mol. The number of fused-ring (bicyclic) bond motifs is 3. The van der Waals surface area contributed by atoms with Gasteiger partial charge < -0.3 is 5.32 Å². The van der Waals surface area contributed by atoms with Crippen LogP contribution in [0.3, 0.4) is 0 Å². The minimum atomic E-state index is 0.114. The zero-order valence-electron chi connectivity index (χ0n) is 13.8. The minimum absolute atomic E-state index is 0.114. The highest BCUT2D eigenvalue weighted by Crippen LogP contribution is 2.48. The molecule has 22 heavy (non-hydrogen) atoms. The van der Waals surface area contributed by atoms with Crippen LogP contribution >= 0.6 is 0 Å². The van der Waals surface area contributed by atoms with Crippen molar-refractivity contribution in [3.8, 4) is 0 Å². The summed E-state index contributed by atoms with van der Waals surface area (Å²) in [5.74, 6) is 2.20. The Hall–Kier alpha value is -0.490. The van der Waals surface area contributed by atoms with Crippen molar-refractivity contribution in [2.45, 2.75) is 63.3 Å². The molecule has 4 fully saturated rings. The zero-order chi connectivity index (χ0) is 15.3. The van der Waals surface area contributed by atoms with E-state index in [9.17, 15) is 4.79 Å². The number of carbonyl (C=O) groups is 1.